The number of carbonyl (C=O) groups excluding carboxylic acids is 1. The highest BCUT2D eigenvalue weighted by molar-refractivity contribution is 6.31. The number of hydrogen-bond acceptors (Lipinski definition) is 3. The maximum atomic E-state index is 13.3. The molecule has 2 fully saturated rings. The molecule has 2 atom stereocenters. The van der Waals surface area contributed by atoms with E-state index in [1.54, 1.807) is 38.8 Å². The monoisotopic (exact) mass is 419 g/mol. The van der Waals surface area contributed by atoms with Gasteiger partial charge in [-0.1, -0.05) is 17.7 Å². The van der Waals surface area contributed by atoms with Crippen LogP contribution in [-0.2, 0) is 21.1 Å². The molecule has 0 radical (unpaired) electrons. The Balaban J connectivity index is 1.89. The van der Waals surface area contributed by atoms with Gasteiger partial charge in [0.15, 0.2) is 0 Å². The Morgan fingerprint density at radius 2 is 1.96 bits per heavy atom. The minimum absolute atomic E-state index is 0.308. The number of fused-ring (bicyclic) bond motifs is 1. The van der Waals surface area contributed by atoms with E-state index in [-0.39, 0.29) is 5.02 Å². The van der Waals surface area contributed by atoms with Gasteiger partial charge in [-0.3, -0.25) is 0 Å². The van der Waals surface area contributed by atoms with E-state index in [1.807, 2.05) is 0 Å². The van der Waals surface area contributed by atoms with Crippen LogP contribution in [0.15, 0.2) is 18.2 Å². The summed E-state index contributed by atoms with van der Waals surface area (Å²) in [7, 11) is 1.56. The van der Waals surface area contributed by atoms with E-state index >= 15 is 0 Å². The van der Waals surface area contributed by atoms with E-state index in [0.717, 1.165) is 6.07 Å². The van der Waals surface area contributed by atoms with Gasteiger partial charge in [0.2, 0.25) is 0 Å². The molecule has 1 aromatic carbocycles. The number of nitrogens with zero attached hydrogens (tertiary/aromatic N) is 1. The predicted molar refractivity (Wildman–Crippen MR) is 99.5 cm³/mol. The molecule has 1 aromatic rings. The van der Waals surface area contributed by atoms with Crippen molar-refractivity contribution in [1.82, 2.24) is 4.90 Å². The van der Waals surface area contributed by atoms with Crippen LogP contribution in [0.5, 0.6) is 0 Å². The second-order valence-electron chi connectivity index (χ2n) is 8.82. The molecule has 0 spiro atoms. The summed E-state index contributed by atoms with van der Waals surface area (Å²) >= 11 is 5.79. The Labute approximate surface area is 167 Å². The van der Waals surface area contributed by atoms with E-state index in [4.69, 9.17) is 21.1 Å². The zero-order chi connectivity index (χ0) is 21.0. The number of halogens is 4. The van der Waals surface area contributed by atoms with Gasteiger partial charge >= 0.3 is 12.3 Å². The van der Waals surface area contributed by atoms with Crippen LogP contribution in [0, 0.1) is 5.41 Å². The van der Waals surface area contributed by atoms with Gasteiger partial charge in [-0.05, 0) is 51.3 Å². The highest BCUT2D eigenvalue weighted by Gasteiger charge is 2.70. The lowest BCUT2D eigenvalue weighted by molar-refractivity contribution is -0.137. The lowest BCUT2D eigenvalue weighted by atomic mass is 9.80. The van der Waals surface area contributed by atoms with Crippen LogP contribution in [0.4, 0.5) is 18.0 Å². The third kappa shape index (κ3) is 3.71. The van der Waals surface area contributed by atoms with Gasteiger partial charge in [-0.2, -0.15) is 13.2 Å². The van der Waals surface area contributed by atoms with Crippen LogP contribution in [0.2, 0.25) is 5.02 Å². The van der Waals surface area contributed by atoms with E-state index in [2.05, 4.69) is 0 Å². The minimum Gasteiger partial charge on any atom is -0.444 e. The van der Waals surface area contributed by atoms with Gasteiger partial charge in [-0.25, -0.2) is 4.79 Å². The Morgan fingerprint density at radius 3 is 2.54 bits per heavy atom. The van der Waals surface area contributed by atoms with Crippen LogP contribution in [-0.4, -0.2) is 43.4 Å². The molecular formula is C20H25ClF3NO3. The van der Waals surface area contributed by atoms with Crippen molar-refractivity contribution in [1.29, 1.82) is 0 Å². The molecule has 1 saturated heterocycles. The summed E-state index contributed by atoms with van der Waals surface area (Å²) in [5, 5.41) is -0.308. The van der Waals surface area contributed by atoms with Crippen LogP contribution < -0.4 is 0 Å². The molecule has 0 bridgehead atoms. The van der Waals surface area contributed by atoms with Gasteiger partial charge in [0, 0.05) is 31.0 Å². The number of carbonyl (C=O) groups is 1. The summed E-state index contributed by atoms with van der Waals surface area (Å²) in [6, 6.07) is 4.13. The highest BCUT2D eigenvalue weighted by atomic mass is 35.5. The normalized spacial score (nSPS) is 27.4. The maximum Gasteiger partial charge on any atom is 0.417 e. The molecule has 1 heterocycles. The van der Waals surface area contributed by atoms with Crippen molar-refractivity contribution in [2.75, 3.05) is 26.8 Å². The average molecular weight is 420 g/mol. The van der Waals surface area contributed by atoms with Crippen molar-refractivity contribution in [2.24, 2.45) is 5.41 Å². The number of amides is 1. The molecule has 4 nitrogen and oxygen atoms in total. The SMILES string of the molecule is COC[C@@]12CN(C(=O)OC(C)(C)C)CC[C@]1(c1ccc(Cl)c(C(F)(F)F)c1)C2. The maximum absolute atomic E-state index is 13.3. The molecule has 28 heavy (non-hydrogen) atoms. The Bertz CT molecular complexity index is 777. The molecule has 1 aliphatic carbocycles. The van der Waals surface area contributed by atoms with Gasteiger partial charge in [0.05, 0.1) is 17.2 Å². The molecule has 8 heteroatoms. The molecular weight excluding hydrogens is 395 g/mol. The number of likely N-dealkylation sites (tertiary alicyclic amines) is 1. The molecule has 1 saturated carbocycles. The number of benzene rings is 1. The average Bonchev–Trinajstić information content (AvgIpc) is 3.21. The number of alkyl halides is 3. The Kier molecular flexibility index (Phi) is 5.16. The Hall–Kier alpha value is -1.47. The summed E-state index contributed by atoms with van der Waals surface area (Å²) in [6.45, 7) is 6.56. The van der Waals surface area contributed by atoms with Crippen molar-refractivity contribution in [3.63, 3.8) is 0 Å². The summed E-state index contributed by atoms with van der Waals surface area (Å²) in [4.78, 5) is 14.1. The lowest BCUT2D eigenvalue weighted by Gasteiger charge is -2.38. The molecule has 0 aromatic heterocycles. The van der Waals surface area contributed by atoms with Crippen LogP contribution in [0.1, 0.15) is 44.7 Å². The van der Waals surface area contributed by atoms with Crippen LogP contribution >= 0.6 is 11.6 Å². The first kappa shape index (κ1) is 21.2. The number of ether oxygens (including phenoxy) is 2. The first-order valence-corrected chi connectivity index (χ1v) is 9.56. The van der Waals surface area contributed by atoms with E-state index in [9.17, 15) is 18.0 Å². The summed E-state index contributed by atoms with van der Waals surface area (Å²) < 4.78 is 50.8. The third-order valence-corrected chi connectivity index (χ3v) is 6.06. The molecule has 0 unspecified atom stereocenters. The zero-order valence-corrected chi connectivity index (χ0v) is 17.2. The van der Waals surface area contributed by atoms with Crippen molar-refractivity contribution in [2.45, 2.75) is 50.8 Å². The van der Waals surface area contributed by atoms with E-state index < -0.39 is 34.3 Å². The standard InChI is InChI=1S/C20H25ClF3NO3/c1-17(2,3)28-16(26)25-8-7-19(10-18(19,11-25)12-27-4)13-5-6-15(21)14(9-13)20(22,23)24/h5-6,9H,7-8,10-12H2,1-4H3/t18-,19-/m1/s1. The van der Waals surface area contributed by atoms with Gasteiger partial charge in [-0.15, -0.1) is 0 Å². The topological polar surface area (TPSA) is 38.8 Å². The number of piperidine rings is 1. The molecule has 1 aliphatic heterocycles. The number of hydrogen-bond donors (Lipinski definition) is 0. The van der Waals surface area contributed by atoms with E-state index in [1.165, 1.54) is 6.07 Å². The quantitative estimate of drug-likeness (QED) is 0.669. The minimum atomic E-state index is -4.51. The second kappa shape index (κ2) is 6.80. The fourth-order valence-corrected chi connectivity index (χ4v) is 4.68. The lowest BCUT2D eigenvalue weighted by Crippen LogP contribution is -2.48. The number of rotatable bonds is 3. The Morgan fingerprint density at radius 1 is 1.29 bits per heavy atom. The highest BCUT2D eigenvalue weighted by Crippen LogP contribution is 2.69. The third-order valence-electron chi connectivity index (χ3n) is 5.73. The van der Waals surface area contributed by atoms with Crippen molar-refractivity contribution < 1.29 is 27.4 Å². The molecule has 0 N–H and O–H groups in total. The van der Waals surface area contributed by atoms with Crippen molar-refractivity contribution in [3.8, 4) is 0 Å². The van der Waals surface area contributed by atoms with Gasteiger partial charge in [0.1, 0.15) is 5.60 Å². The fraction of sp³-hybridized carbons (Fsp3) is 0.650. The van der Waals surface area contributed by atoms with Gasteiger partial charge < -0.3 is 14.4 Å². The molecule has 156 valence electrons. The first-order valence-electron chi connectivity index (χ1n) is 9.18. The smallest absolute Gasteiger partial charge is 0.417 e. The number of methoxy groups -OCH3 is 1. The molecule has 2 aliphatic rings. The van der Waals surface area contributed by atoms with Crippen LogP contribution in [0.25, 0.3) is 0 Å². The largest absolute Gasteiger partial charge is 0.444 e. The predicted octanol–water partition coefficient (Wildman–Crippen LogP) is 5.27. The molecule has 1 amide bonds. The summed E-state index contributed by atoms with van der Waals surface area (Å²) in [5.74, 6) is 0. The van der Waals surface area contributed by atoms with Crippen molar-refractivity contribution >= 4 is 17.7 Å². The zero-order valence-electron chi connectivity index (χ0n) is 16.5. The first-order chi connectivity index (χ1) is 12.8. The second-order valence-corrected chi connectivity index (χ2v) is 9.22. The van der Waals surface area contributed by atoms with Gasteiger partial charge in [0.25, 0.3) is 0 Å². The van der Waals surface area contributed by atoms with Crippen molar-refractivity contribution in [3.05, 3.63) is 34.3 Å². The molecule has 3 rings (SSSR count). The summed E-state index contributed by atoms with van der Waals surface area (Å²) in [5.41, 5.74) is -1.71. The fourth-order valence-electron chi connectivity index (χ4n) is 4.45. The van der Waals surface area contributed by atoms with E-state index in [0.29, 0.717) is 38.1 Å². The van der Waals surface area contributed by atoms with Crippen LogP contribution in [0.3, 0.4) is 0 Å². The summed E-state index contributed by atoms with van der Waals surface area (Å²) in [6.07, 6.45) is -3.71.